The van der Waals surface area contributed by atoms with E-state index in [4.69, 9.17) is 37.9 Å². The zero-order chi connectivity index (χ0) is 52.4. The molecule has 1 unspecified atom stereocenters. The van der Waals surface area contributed by atoms with Gasteiger partial charge in [-0.25, -0.2) is 19.2 Å². The molecule has 23 nitrogen and oxygen atoms in total. The van der Waals surface area contributed by atoms with E-state index < -0.39 is 125 Å². The molecule has 1 saturated heterocycles. The second-order valence-corrected chi connectivity index (χ2v) is 22.0. The van der Waals surface area contributed by atoms with Crippen molar-refractivity contribution in [2.75, 3.05) is 39.9 Å². The minimum Gasteiger partial charge on any atom is -0.466 e. The Kier molecular flexibility index (Phi) is 20.8. The Labute approximate surface area is 406 Å². The number of rotatable bonds is 16. The molecule has 12 atom stereocenters. The van der Waals surface area contributed by atoms with Gasteiger partial charge in [-0.2, -0.15) is 0 Å². The maximum absolute atomic E-state index is 13.8. The molecule has 2 heterocycles. The lowest BCUT2D eigenvalue weighted by Gasteiger charge is -2.51. The molecule has 5 amide bonds. The lowest BCUT2D eigenvalue weighted by molar-refractivity contribution is -0.298. The largest absolute Gasteiger partial charge is 0.466 e. The molecule has 0 aromatic carbocycles. The van der Waals surface area contributed by atoms with Gasteiger partial charge in [0.1, 0.15) is 58.2 Å². The summed E-state index contributed by atoms with van der Waals surface area (Å²) in [6.07, 6.45) is -10.9. The standard InChI is InChI=1S/C46H82N6O17/c1-25-34(52(15)41(60)69-45(11,12)13)46(14,61)24-62-36(25)64-32-28(49-35(56)30(54)18-19-48-38(57)66-42(2,3)4)22-29(51-40(59)68-44(8,9)10)33(31(32)55)65-37-27(50-39(58)67-43(5,6)7)17-16-26(63-37)23-47-20-21-53/h16,25,27-34,36-37,47,53-55,61H,17-24H2,1-15H3,(H,48,57)(H,49,56)(H,50,58)(H,51,59)/t25-,27-,28-,29+,30+,31-,32+,33-,34-,36?,37-,46+/m1/s1. The number of carbonyl (C=O) groups is 5. The van der Waals surface area contributed by atoms with Gasteiger partial charge in [0.2, 0.25) is 12.2 Å². The molecule has 2 fully saturated rings. The highest BCUT2D eigenvalue weighted by Crippen LogP contribution is 2.37. The van der Waals surface area contributed by atoms with Gasteiger partial charge in [-0.05, 0) is 115 Å². The Hall–Kier alpha value is -4.23. The molecule has 3 rings (SSSR count). The van der Waals surface area contributed by atoms with Crippen molar-refractivity contribution >= 4 is 30.3 Å². The second kappa shape index (κ2) is 24.3. The van der Waals surface area contributed by atoms with Crippen molar-refractivity contribution in [1.82, 2.24) is 31.5 Å². The number of likely N-dealkylation sites (N-methyl/N-ethyl adjacent to an activating group) is 1. The Morgan fingerprint density at radius 3 is 1.83 bits per heavy atom. The smallest absolute Gasteiger partial charge is 0.410 e. The Morgan fingerprint density at radius 2 is 1.29 bits per heavy atom. The molecule has 1 saturated carbocycles. The van der Waals surface area contributed by atoms with E-state index in [1.807, 2.05) is 0 Å². The van der Waals surface area contributed by atoms with Crippen LogP contribution in [0.5, 0.6) is 0 Å². The van der Waals surface area contributed by atoms with Crippen LogP contribution in [0.1, 0.15) is 116 Å². The molecule has 3 aliphatic rings. The first kappa shape index (κ1) is 59.1. The number of nitrogens with one attached hydrogen (secondary N) is 5. The summed E-state index contributed by atoms with van der Waals surface area (Å²) in [5.74, 6) is -1.38. The Balaban J connectivity index is 2.10. The zero-order valence-corrected chi connectivity index (χ0v) is 43.1. The van der Waals surface area contributed by atoms with Crippen molar-refractivity contribution in [3.05, 3.63) is 11.8 Å². The van der Waals surface area contributed by atoms with Gasteiger partial charge < -0.3 is 89.8 Å². The van der Waals surface area contributed by atoms with Crippen molar-refractivity contribution < 1.29 is 82.3 Å². The molecule has 69 heavy (non-hydrogen) atoms. The molecule has 0 aromatic rings. The summed E-state index contributed by atoms with van der Waals surface area (Å²) in [5, 5.41) is 58.5. The van der Waals surface area contributed by atoms with E-state index >= 15 is 0 Å². The van der Waals surface area contributed by atoms with Gasteiger partial charge in [-0.1, -0.05) is 6.92 Å². The average Bonchev–Trinajstić information content (AvgIpc) is 3.16. The van der Waals surface area contributed by atoms with Crippen LogP contribution in [0.25, 0.3) is 0 Å². The fraction of sp³-hybridized carbons (Fsp3) is 0.848. The summed E-state index contributed by atoms with van der Waals surface area (Å²) >= 11 is 0. The van der Waals surface area contributed by atoms with Crippen molar-refractivity contribution in [3.8, 4) is 0 Å². The Bertz CT molecular complexity index is 1760. The van der Waals surface area contributed by atoms with Gasteiger partial charge in [0.05, 0.1) is 43.9 Å². The molecule has 0 bridgehead atoms. The second-order valence-electron chi connectivity index (χ2n) is 22.0. The number of ether oxygens (including phenoxy) is 8. The quantitative estimate of drug-likeness (QED) is 0.0791. The number of amides is 5. The number of nitrogens with zero attached hydrogens (tertiary/aromatic N) is 1. The third kappa shape index (κ3) is 19.5. The summed E-state index contributed by atoms with van der Waals surface area (Å²) in [5.41, 5.74) is -5.13. The highest BCUT2D eigenvalue weighted by Gasteiger charge is 2.54. The summed E-state index contributed by atoms with van der Waals surface area (Å²) in [4.78, 5) is 67.5. The first-order valence-electron chi connectivity index (χ1n) is 23.5. The van der Waals surface area contributed by atoms with E-state index in [1.54, 1.807) is 96.1 Å². The lowest BCUT2D eigenvalue weighted by Crippen LogP contribution is -2.69. The first-order chi connectivity index (χ1) is 31.6. The number of hydrogen-bond donors (Lipinski definition) is 9. The number of alkyl carbamates (subject to hydrolysis) is 3. The van der Waals surface area contributed by atoms with Crippen molar-refractivity contribution in [2.24, 2.45) is 5.92 Å². The van der Waals surface area contributed by atoms with Crippen LogP contribution >= 0.6 is 0 Å². The van der Waals surface area contributed by atoms with Crippen LogP contribution in [0, 0.1) is 5.92 Å². The molecule has 2 aliphatic heterocycles. The molecule has 0 radical (unpaired) electrons. The van der Waals surface area contributed by atoms with Crippen LogP contribution < -0.4 is 26.6 Å². The summed E-state index contributed by atoms with van der Waals surface area (Å²) < 4.78 is 47.6. The van der Waals surface area contributed by atoms with E-state index in [1.165, 1.54) is 18.9 Å². The minimum atomic E-state index is -1.79. The van der Waals surface area contributed by atoms with Crippen LogP contribution in [-0.4, -0.2) is 185 Å². The predicted molar refractivity (Wildman–Crippen MR) is 248 cm³/mol. The first-order valence-corrected chi connectivity index (χ1v) is 23.5. The molecular formula is C46H82N6O17. The number of carbonyl (C=O) groups excluding carboxylic acids is 5. The molecule has 9 N–H and O–H groups in total. The lowest BCUT2D eigenvalue weighted by atomic mass is 9.81. The van der Waals surface area contributed by atoms with E-state index in [0.29, 0.717) is 5.76 Å². The third-order valence-electron chi connectivity index (χ3n) is 10.7. The van der Waals surface area contributed by atoms with Gasteiger partial charge in [0, 0.05) is 26.1 Å². The molecule has 398 valence electrons. The normalized spacial score (nSPS) is 29.2. The minimum absolute atomic E-state index is 0.152. The van der Waals surface area contributed by atoms with Crippen LogP contribution in [0.15, 0.2) is 11.8 Å². The van der Waals surface area contributed by atoms with E-state index in [0.717, 1.165) is 0 Å². The van der Waals surface area contributed by atoms with Crippen molar-refractivity contribution in [1.29, 1.82) is 0 Å². The summed E-state index contributed by atoms with van der Waals surface area (Å²) in [6.45, 7) is 23.1. The Morgan fingerprint density at radius 1 is 0.783 bits per heavy atom. The van der Waals surface area contributed by atoms with E-state index in [-0.39, 0.29) is 52.1 Å². The fourth-order valence-corrected chi connectivity index (χ4v) is 7.99. The number of hydrogen-bond acceptors (Lipinski definition) is 18. The number of aliphatic hydroxyl groups excluding tert-OH is 3. The van der Waals surface area contributed by atoms with Crippen LogP contribution in [0.4, 0.5) is 19.2 Å². The van der Waals surface area contributed by atoms with Crippen LogP contribution in [0.2, 0.25) is 0 Å². The SMILES string of the molecule is C[C@H]1C(O[C@@H]2[C@@H](O)[C@H](O[C@H]3OC(CNCCO)=CC[C@H]3NC(=O)OC(C)(C)C)[C@@H](NC(=O)OC(C)(C)C)C[C@H]2NC(=O)[C@@H](O)CCNC(=O)OC(C)(C)C)OC[C@](C)(O)[C@@H]1N(C)C(=O)OC(C)(C)C. The van der Waals surface area contributed by atoms with Gasteiger partial charge >= 0.3 is 24.4 Å². The maximum atomic E-state index is 13.8. The van der Waals surface area contributed by atoms with Crippen LogP contribution in [-0.2, 0) is 42.7 Å². The maximum Gasteiger partial charge on any atom is 0.410 e. The van der Waals surface area contributed by atoms with Crippen LogP contribution in [0.3, 0.4) is 0 Å². The summed E-state index contributed by atoms with van der Waals surface area (Å²) in [7, 11) is 1.47. The fourth-order valence-electron chi connectivity index (χ4n) is 7.99. The van der Waals surface area contributed by atoms with E-state index in [2.05, 4.69) is 26.6 Å². The average molecular weight is 991 g/mol. The highest BCUT2D eigenvalue weighted by atomic mass is 16.7. The topological polar surface area (TPSA) is 303 Å². The molecule has 23 heteroatoms. The molecule has 0 spiro atoms. The van der Waals surface area contributed by atoms with Crippen molar-refractivity contribution in [2.45, 2.75) is 205 Å². The monoisotopic (exact) mass is 991 g/mol. The van der Waals surface area contributed by atoms with Gasteiger partial charge in [0.25, 0.3) is 0 Å². The predicted octanol–water partition coefficient (Wildman–Crippen LogP) is 2.26. The number of aliphatic hydroxyl groups is 4. The third-order valence-corrected chi connectivity index (χ3v) is 10.7. The molecular weight excluding hydrogens is 909 g/mol. The molecule has 1 aliphatic carbocycles. The van der Waals surface area contributed by atoms with Gasteiger partial charge in [-0.15, -0.1) is 0 Å². The molecule has 0 aromatic heterocycles. The van der Waals surface area contributed by atoms with Gasteiger partial charge in [-0.3, -0.25) is 4.79 Å². The highest BCUT2D eigenvalue weighted by molar-refractivity contribution is 5.81. The summed E-state index contributed by atoms with van der Waals surface area (Å²) in [6, 6.07) is -4.34. The van der Waals surface area contributed by atoms with Crippen molar-refractivity contribution in [3.63, 3.8) is 0 Å². The van der Waals surface area contributed by atoms with Gasteiger partial charge in [0.15, 0.2) is 6.29 Å². The van der Waals surface area contributed by atoms with E-state index in [9.17, 15) is 44.4 Å². The zero-order valence-electron chi connectivity index (χ0n) is 43.1.